The van der Waals surface area contributed by atoms with E-state index in [1.165, 1.54) is 23.6 Å². The van der Waals surface area contributed by atoms with Crippen LogP contribution in [0.25, 0.3) is 0 Å². The van der Waals surface area contributed by atoms with Crippen molar-refractivity contribution in [3.05, 3.63) is 23.3 Å². The quantitative estimate of drug-likeness (QED) is 0.544. The maximum Gasteiger partial charge on any atom is 0.293 e. The second-order valence-electron chi connectivity index (χ2n) is 5.14. The van der Waals surface area contributed by atoms with Crippen LogP contribution in [0, 0.1) is 5.41 Å². The van der Waals surface area contributed by atoms with Crippen molar-refractivity contribution < 1.29 is 14.3 Å². The highest BCUT2D eigenvalue weighted by atomic mass is 16.5. The van der Waals surface area contributed by atoms with Crippen molar-refractivity contribution in [1.29, 1.82) is 0 Å². The standard InChI is InChI=1S/C14H20O3/c1-11-5-4-8-14(2,3)13(11)7-6-12(16)9-17-10-15/h6-7,10H,4-5,8-9H2,1-3H3. The summed E-state index contributed by atoms with van der Waals surface area (Å²) in [5.74, 6) is -0.182. The van der Waals surface area contributed by atoms with Crippen molar-refractivity contribution in [2.24, 2.45) is 5.41 Å². The van der Waals surface area contributed by atoms with Gasteiger partial charge in [-0.3, -0.25) is 9.59 Å². The molecule has 17 heavy (non-hydrogen) atoms. The third-order valence-corrected chi connectivity index (χ3v) is 3.27. The number of allylic oxidation sites excluding steroid dienone is 3. The van der Waals surface area contributed by atoms with E-state index >= 15 is 0 Å². The SMILES string of the molecule is CC1=C(C=CC(=O)COC=O)C(C)(C)CCC1. The van der Waals surface area contributed by atoms with Gasteiger partial charge in [-0.15, -0.1) is 0 Å². The van der Waals surface area contributed by atoms with Crippen LogP contribution in [-0.4, -0.2) is 18.9 Å². The van der Waals surface area contributed by atoms with E-state index in [1.807, 2.05) is 6.08 Å². The van der Waals surface area contributed by atoms with Gasteiger partial charge in [0.2, 0.25) is 0 Å². The Kier molecular flexibility index (Phi) is 4.67. The van der Waals surface area contributed by atoms with Gasteiger partial charge in [0.1, 0.15) is 0 Å². The number of carbonyl (C=O) groups is 2. The topological polar surface area (TPSA) is 43.4 Å². The summed E-state index contributed by atoms with van der Waals surface area (Å²) in [7, 11) is 0. The maximum absolute atomic E-state index is 11.4. The van der Waals surface area contributed by atoms with Crippen LogP contribution in [0.5, 0.6) is 0 Å². The van der Waals surface area contributed by atoms with Crippen LogP contribution in [0.4, 0.5) is 0 Å². The first-order chi connectivity index (χ1) is 7.97. The molecule has 0 aliphatic heterocycles. The molecule has 0 unspecified atom stereocenters. The first kappa shape index (κ1) is 13.7. The third-order valence-electron chi connectivity index (χ3n) is 3.27. The van der Waals surface area contributed by atoms with E-state index in [9.17, 15) is 9.59 Å². The van der Waals surface area contributed by atoms with Crippen molar-refractivity contribution in [3.63, 3.8) is 0 Å². The second-order valence-corrected chi connectivity index (χ2v) is 5.14. The molecular weight excluding hydrogens is 216 g/mol. The Morgan fingerprint density at radius 3 is 2.76 bits per heavy atom. The summed E-state index contributed by atoms with van der Waals surface area (Å²) in [4.78, 5) is 21.3. The fourth-order valence-electron chi connectivity index (χ4n) is 2.35. The number of rotatable bonds is 5. The van der Waals surface area contributed by atoms with Gasteiger partial charge in [-0.25, -0.2) is 0 Å². The molecule has 0 aromatic rings. The molecule has 0 heterocycles. The molecule has 94 valence electrons. The Bertz CT molecular complexity index is 362. The lowest BCUT2D eigenvalue weighted by atomic mass is 9.72. The van der Waals surface area contributed by atoms with Gasteiger partial charge in [0.15, 0.2) is 12.4 Å². The average Bonchev–Trinajstić information content (AvgIpc) is 2.24. The number of carbonyl (C=O) groups excluding carboxylic acids is 2. The molecular formula is C14H20O3. The zero-order valence-corrected chi connectivity index (χ0v) is 10.8. The molecule has 1 aliphatic carbocycles. The van der Waals surface area contributed by atoms with Crippen molar-refractivity contribution in [3.8, 4) is 0 Å². The van der Waals surface area contributed by atoms with Crippen LogP contribution < -0.4 is 0 Å². The zero-order chi connectivity index (χ0) is 12.9. The van der Waals surface area contributed by atoms with Gasteiger partial charge in [-0.1, -0.05) is 25.5 Å². The van der Waals surface area contributed by atoms with Crippen LogP contribution in [0.3, 0.4) is 0 Å². The predicted molar refractivity (Wildman–Crippen MR) is 66.5 cm³/mol. The fraction of sp³-hybridized carbons (Fsp3) is 0.571. The molecule has 0 saturated heterocycles. The summed E-state index contributed by atoms with van der Waals surface area (Å²) in [6, 6.07) is 0. The molecule has 1 aliphatic rings. The Morgan fingerprint density at radius 1 is 1.47 bits per heavy atom. The van der Waals surface area contributed by atoms with Crippen molar-refractivity contribution in [1.82, 2.24) is 0 Å². The molecule has 0 aromatic heterocycles. The predicted octanol–water partition coefficient (Wildman–Crippen LogP) is 2.81. The lowest BCUT2D eigenvalue weighted by molar-refractivity contribution is -0.134. The van der Waals surface area contributed by atoms with E-state index in [-0.39, 0.29) is 17.8 Å². The van der Waals surface area contributed by atoms with Crippen LogP contribution in [0.2, 0.25) is 0 Å². The summed E-state index contributed by atoms with van der Waals surface area (Å²) < 4.78 is 4.42. The first-order valence-corrected chi connectivity index (χ1v) is 5.94. The summed E-state index contributed by atoms with van der Waals surface area (Å²) >= 11 is 0. The van der Waals surface area contributed by atoms with Gasteiger partial charge < -0.3 is 4.74 Å². The normalized spacial score (nSPS) is 19.5. The summed E-state index contributed by atoms with van der Waals surface area (Å²) in [6.07, 6.45) is 6.84. The van der Waals surface area contributed by atoms with E-state index in [0.29, 0.717) is 6.47 Å². The first-order valence-electron chi connectivity index (χ1n) is 5.94. The summed E-state index contributed by atoms with van der Waals surface area (Å²) in [5.41, 5.74) is 2.72. The van der Waals surface area contributed by atoms with E-state index in [4.69, 9.17) is 0 Å². The summed E-state index contributed by atoms with van der Waals surface area (Å²) in [6.45, 7) is 6.63. The smallest absolute Gasteiger partial charge is 0.293 e. The van der Waals surface area contributed by atoms with Gasteiger partial charge in [0.05, 0.1) is 0 Å². The van der Waals surface area contributed by atoms with Gasteiger partial charge in [0.25, 0.3) is 6.47 Å². The molecule has 3 nitrogen and oxygen atoms in total. The number of hydrogen-bond donors (Lipinski definition) is 0. The third kappa shape index (κ3) is 3.84. The molecule has 1 rings (SSSR count). The zero-order valence-electron chi connectivity index (χ0n) is 10.8. The molecule has 0 saturated carbocycles. The van der Waals surface area contributed by atoms with Gasteiger partial charge >= 0.3 is 0 Å². The minimum absolute atomic E-state index is 0.130. The molecule has 0 spiro atoms. The lowest BCUT2D eigenvalue weighted by Crippen LogP contribution is -2.19. The van der Waals surface area contributed by atoms with E-state index in [2.05, 4.69) is 25.5 Å². The maximum atomic E-state index is 11.4. The van der Waals surface area contributed by atoms with Crippen molar-refractivity contribution >= 4 is 12.3 Å². The Morgan fingerprint density at radius 2 is 2.18 bits per heavy atom. The molecule has 0 N–H and O–H groups in total. The Balaban J connectivity index is 2.74. The van der Waals surface area contributed by atoms with Gasteiger partial charge in [0, 0.05) is 0 Å². The van der Waals surface area contributed by atoms with Crippen LogP contribution in [-0.2, 0) is 14.3 Å². The van der Waals surface area contributed by atoms with Crippen molar-refractivity contribution in [2.45, 2.75) is 40.0 Å². The largest absolute Gasteiger partial charge is 0.460 e. The highest BCUT2D eigenvalue weighted by Crippen LogP contribution is 2.40. The van der Waals surface area contributed by atoms with Gasteiger partial charge in [-0.2, -0.15) is 0 Å². The van der Waals surface area contributed by atoms with Crippen LogP contribution in [0.1, 0.15) is 40.0 Å². The highest BCUT2D eigenvalue weighted by molar-refractivity contribution is 5.91. The summed E-state index contributed by atoms with van der Waals surface area (Å²) in [5, 5.41) is 0. The Hall–Kier alpha value is -1.38. The molecule has 0 radical (unpaired) electrons. The average molecular weight is 236 g/mol. The molecule has 0 amide bonds. The highest BCUT2D eigenvalue weighted by Gasteiger charge is 2.26. The molecule has 0 fully saturated rings. The van der Waals surface area contributed by atoms with E-state index in [1.54, 1.807) is 0 Å². The van der Waals surface area contributed by atoms with E-state index < -0.39 is 0 Å². The lowest BCUT2D eigenvalue weighted by Gasteiger charge is -2.32. The minimum atomic E-state index is -0.182. The molecule has 0 bridgehead atoms. The number of hydrogen-bond acceptors (Lipinski definition) is 3. The molecule has 0 atom stereocenters. The number of ether oxygens (including phenoxy) is 1. The minimum Gasteiger partial charge on any atom is -0.460 e. The van der Waals surface area contributed by atoms with Crippen molar-refractivity contribution in [2.75, 3.05) is 6.61 Å². The van der Waals surface area contributed by atoms with E-state index in [0.717, 1.165) is 12.8 Å². The monoisotopic (exact) mass is 236 g/mol. The van der Waals surface area contributed by atoms with Crippen LogP contribution >= 0.6 is 0 Å². The number of ketones is 1. The van der Waals surface area contributed by atoms with Crippen LogP contribution in [0.15, 0.2) is 23.3 Å². The fourth-order valence-corrected chi connectivity index (χ4v) is 2.35. The second kappa shape index (κ2) is 5.80. The molecule has 3 heteroatoms. The van der Waals surface area contributed by atoms with Gasteiger partial charge in [-0.05, 0) is 43.3 Å². The molecule has 0 aromatic carbocycles. The Labute approximate surface area is 103 Å².